The van der Waals surface area contributed by atoms with E-state index in [1.165, 1.54) is 45.3 Å². The molecule has 5 heteroatoms. The Hall–Kier alpha value is -3.73. The standard InChI is InChI=1S/C27H23N5/c1-2-22-21(19-4-3-17-11-12-28-24(17)14-19)8-5-18-7-10-26(32(13-1)27(18)22)23-9-6-20-15-29-30-16-25(20)31-23/h3-6,8-9,11-12,14-16,26,28H,1-2,7,10,13H2. The van der Waals surface area contributed by atoms with E-state index in [9.17, 15) is 0 Å². The van der Waals surface area contributed by atoms with E-state index < -0.39 is 0 Å². The Bertz CT molecular complexity index is 1480. The molecule has 0 saturated carbocycles. The molecule has 0 radical (unpaired) electrons. The number of hydrogen-bond donors (Lipinski definition) is 1. The monoisotopic (exact) mass is 417 g/mol. The van der Waals surface area contributed by atoms with Crippen LogP contribution in [0.3, 0.4) is 0 Å². The zero-order chi connectivity index (χ0) is 21.1. The van der Waals surface area contributed by atoms with Gasteiger partial charge >= 0.3 is 0 Å². The number of aromatic nitrogens is 4. The van der Waals surface area contributed by atoms with Crippen molar-refractivity contribution in [3.8, 4) is 11.1 Å². The molecule has 32 heavy (non-hydrogen) atoms. The van der Waals surface area contributed by atoms with E-state index in [0.29, 0.717) is 6.04 Å². The van der Waals surface area contributed by atoms with Crippen LogP contribution in [0.25, 0.3) is 32.9 Å². The van der Waals surface area contributed by atoms with E-state index in [-0.39, 0.29) is 0 Å². The van der Waals surface area contributed by atoms with Gasteiger partial charge in [0.2, 0.25) is 0 Å². The van der Waals surface area contributed by atoms with E-state index >= 15 is 0 Å². The van der Waals surface area contributed by atoms with E-state index in [1.54, 1.807) is 12.4 Å². The molecule has 0 fully saturated rings. The summed E-state index contributed by atoms with van der Waals surface area (Å²) in [6.45, 7) is 1.08. The Morgan fingerprint density at radius 3 is 2.84 bits per heavy atom. The number of benzene rings is 2. The van der Waals surface area contributed by atoms with Crippen LogP contribution in [0.5, 0.6) is 0 Å². The van der Waals surface area contributed by atoms with Gasteiger partial charge in [-0.25, -0.2) is 4.98 Å². The molecule has 0 spiro atoms. The summed E-state index contributed by atoms with van der Waals surface area (Å²) in [6.07, 6.45) is 10.1. The van der Waals surface area contributed by atoms with Crippen LogP contribution in [0.15, 0.2) is 67.1 Å². The molecule has 3 aromatic heterocycles. The highest BCUT2D eigenvalue weighted by atomic mass is 15.2. The van der Waals surface area contributed by atoms with Gasteiger partial charge < -0.3 is 9.88 Å². The van der Waals surface area contributed by atoms with Gasteiger partial charge in [-0.3, -0.25) is 0 Å². The number of aromatic amines is 1. The Morgan fingerprint density at radius 1 is 0.906 bits per heavy atom. The lowest BCUT2D eigenvalue weighted by atomic mass is 9.83. The summed E-state index contributed by atoms with van der Waals surface area (Å²) >= 11 is 0. The van der Waals surface area contributed by atoms with Crippen LogP contribution in [0.4, 0.5) is 5.69 Å². The number of fused-ring (bicyclic) bond motifs is 2. The molecule has 0 amide bonds. The van der Waals surface area contributed by atoms with Crippen LogP contribution < -0.4 is 4.90 Å². The Balaban J connectivity index is 1.35. The number of nitrogens with zero attached hydrogens (tertiary/aromatic N) is 4. The van der Waals surface area contributed by atoms with E-state index in [4.69, 9.17) is 4.98 Å². The lowest BCUT2D eigenvalue weighted by molar-refractivity contribution is 0.513. The van der Waals surface area contributed by atoms with Gasteiger partial charge in [0.1, 0.15) is 0 Å². The number of H-pyrrole nitrogens is 1. The van der Waals surface area contributed by atoms with Crippen molar-refractivity contribution < 1.29 is 0 Å². The largest absolute Gasteiger partial charge is 0.362 e. The minimum absolute atomic E-state index is 0.306. The zero-order valence-electron chi connectivity index (χ0n) is 17.8. The van der Waals surface area contributed by atoms with Gasteiger partial charge in [-0.2, -0.15) is 10.2 Å². The number of pyridine rings is 1. The normalized spacial score (nSPS) is 17.6. The second kappa shape index (κ2) is 6.89. The summed E-state index contributed by atoms with van der Waals surface area (Å²) in [5.41, 5.74) is 10.4. The topological polar surface area (TPSA) is 57.7 Å². The van der Waals surface area contributed by atoms with Gasteiger partial charge in [-0.05, 0) is 77.6 Å². The maximum atomic E-state index is 4.98. The minimum Gasteiger partial charge on any atom is -0.362 e. The van der Waals surface area contributed by atoms with E-state index in [1.807, 2.05) is 6.20 Å². The Kier molecular flexibility index (Phi) is 3.85. The first kappa shape index (κ1) is 17.9. The van der Waals surface area contributed by atoms with Crippen molar-refractivity contribution in [3.63, 3.8) is 0 Å². The van der Waals surface area contributed by atoms with Crippen molar-refractivity contribution in [2.75, 3.05) is 11.4 Å². The molecule has 2 aliphatic rings. The summed E-state index contributed by atoms with van der Waals surface area (Å²) in [7, 11) is 0. The Morgan fingerprint density at radius 2 is 1.84 bits per heavy atom. The average molecular weight is 418 g/mol. The van der Waals surface area contributed by atoms with Crippen molar-refractivity contribution in [1.82, 2.24) is 20.2 Å². The zero-order valence-corrected chi connectivity index (χ0v) is 17.8. The highest BCUT2D eigenvalue weighted by molar-refractivity contribution is 5.87. The molecule has 1 atom stereocenters. The molecule has 0 bridgehead atoms. The molecule has 156 valence electrons. The molecule has 5 aromatic rings. The van der Waals surface area contributed by atoms with Gasteiger partial charge in [0.15, 0.2) is 0 Å². The highest BCUT2D eigenvalue weighted by Gasteiger charge is 2.33. The molecule has 1 unspecified atom stereocenters. The third-order valence-electron chi connectivity index (χ3n) is 7.17. The van der Waals surface area contributed by atoms with Crippen LogP contribution in [-0.4, -0.2) is 26.7 Å². The van der Waals surface area contributed by atoms with Gasteiger partial charge in [0, 0.05) is 29.3 Å². The maximum Gasteiger partial charge on any atom is 0.0923 e. The first-order valence-electron chi connectivity index (χ1n) is 11.4. The summed E-state index contributed by atoms with van der Waals surface area (Å²) in [5, 5.41) is 10.3. The molecule has 2 aromatic carbocycles. The number of hydrogen-bond acceptors (Lipinski definition) is 4. The third kappa shape index (κ3) is 2.67. The van der Waals surface area contributed by atoms with E-state index in [0.717, 1.165) is 42.4 Å². The van der Waals surface area contributed by atoms with E-state index in [2.05, 4.69) is 68.6 Å². The first-order chi connectivity index (χ1) is 15.8. The SMILES string of the molecule is c1cc2ccc(-c3ccc4c5c3CCCN5C(c3ccc5cnncc5n3)CC4)cc2[nH]1. The molecule has 5 nitrogen and oxygen atoms in total. The molecule has 2 aliphatic heterocycles. The van der Waals surface area contributed by atoms with Crippen LogP contribution in [0, 0.1) is 0 Å². The number of aryl methyl sites for hydroxylation is 1. The fraction of sp³-hybridized carbons (Fsp3) is 0.222. The van der Waals surface area contributed by atoms with Crippen LogP contribution in [0.1, 0.15) is 35.7 Å². The van der Waals surface area contributed by atoms with Crippen LogP contribution in [0.2, 0.25) is 0 Å². The number of anilines is 1. The average Bonchev–Trinajstić information content (AvgIpc) is 3.32. The lowest BCUT2D eigenvalue weighted by Gasteiger charge is -2.43. The van der Waals surface area contributed by atoms with Crippen LogP contribution >= 0.6 is 0 Å². The third-order valence-corrected chi connectivity index (χ3v) is 7.17. The predicted molar refractivity (Wildman–Crippen MR) is 128 cm³/mol. The molecule has 0 aliphatic carbocycles. The van der Waals surface area contributed by atoms with Crippen LogP contribution in [-0.2, 0) is 12.8 Å². The van der Waals surface area contributed by atoms with Crippen molar-refractivity contribution in [3.05, 3.63) is 83.9 Å². The van der Waals surface area contributed by atoms with Gasteiger partial charge in [0.25, 0.3) is 0 Å². The summed E-state index contributed by atoms with van der Waals surface area (Å²) < 4.78 is 0. The summed E-state index contributed by atoms with van der Waals surface area (Å²) in [4.78, 5) is 11.0. The maximum absolute atomic E-state index is 4.98. The van der Waals surface area contributed by atoms with Crippen molar-refractivity contribution in [2.45, 2.75) is 31.7 Å². The van der Waals surface area contributed by atoms with Gasteiger partial charge in [0.05, 0.1) is 29.6 Å². The summed E-state index contributed by atoms with van der Waals surface area (Å²) in [5.74, 6) is 0. The predicted octanol–water partition coefficient (Wildman–Crippen LogP) is 5.61. The second-order valence-corrected chi connectivity index (χ2v) is 8.93. The van der Waals surface area contributed by atoms with Crippen molar-refractivity contribution in [2.24, 2.45) is 0 Å². The Labute approximate surface area is 186 Å². The number of rotatable bonds is 2. The van der Waals surface area contributed by atoms with Crippen molar-refractivity contribution >= 4 is 27.5 Å². The minimum atomic E-state index is 0.306. The van der Waals surface area contributed by atoms with Crippen molar-refractivity contribution in [1.29, 1.82) is 0 Å². The molecule has 1 N–H and O–H groups in total. The fourth-order valence-corrected chi connectivity index (χ4v) is 5.67. The summed E-state index contributed by atoms with van der Waals surface area (Å²) in [6, 6.07) is 18.2. The van der Waals surface area contributed by atoms with Gasteiger partial charge in [-0.1, -0.05) is 24.3 Å². The molecule has 5 heterocycles. The highest BCUT2D eigenvalue weighted by Crippen LogP contribution is 2.46. The smallest absolute Gasteiger partial charge is 0.0923 e. The fourth-order valence-electron chi connectivity index (χ4n) is 5.67. The lowest BCUT2D eigenvalue weighted by Crippen LogP contribution is -2.38. The first-order valence-corrected chi connectivity index (χ1v) is 11.4. The molecular weight excluding hydrogens is 394 g/mol. The molecular formula is C27H23N5. The van der Waals surface area contributed by atoms with Gasteiger partial charge in [-0.15, -0.1) is 0 Å². The molecule has 0 saturated heterocycles. The second-order valence-electron chi connectivity index (χ2n) is 8.93. The molecule has 7 rings (SSSR count). The number of nitrogens with one attached hydrogen (secondary N) is 1. The quantitative estimate of drug-likeness (QED) is 0.405.